The van der Waals surface area contributed by atoms with Gasteiger partial charge >= 0.3 is 0 Å². The van der Waals surface area contributed by atoms with Crippen molar-refractivity contribution >= 4 is 29.1 Å². The van der Waals surface area contributed by atoms with Crippen molar-refractivity contribution < 1.29 is 4.79 Å². The van der Waals surface area contributed by atoms with Crippen LogP contribution in [0.2, 0.25) is 10.0 Å². The minimum Gasteiger partial charge on any atom is -0.333 e. The maximum absolute atomic E-state index is 12.3. The van der Waals surface area contributed by atoms with Gasteiger partial charge in [0.25, 0.3) is 5.91 Å². The summed E-state index contributed by atoms with van der Waals surface area (Å²) < 4.78 is 2.01. The van der Waals surface area contributed by atoms with Crippen LogP contribution in [0.25, 0.3) is 0 Å². The van der Waals surface area contributed by atoms with Crippen molar-refractivity contribution in [3.8, 4) is 0 Å². The fourth-order valence-corrected chi connectivity index (χ4v) is 2.50. The Kier molecular flexibility index (Phi) is 4.13. The van der Waals surface area contributed by atoms with Crippen molar-refractivity contribution in [2.75, 3.05) is 0 Å². The van der Waals surface area contributed by atoms with Gasteiger partial charge in [0.15, 0.2) is 0 Å². The second kappa shape index (κ2) is 6.04. The van der Waals surface area contributed by atoms with Crippen LogP contribution < -0.4 is 5.49 Å². The zero-order valence-electron chi connectivity index (χ0n) is 11.3. The number of halogens is 2. The first-order valence-electron chi connectivity index (χ1n) is 6.83. The SMILES string of the molecule is O=C(/N=c1\ccccn1CC1CC1)c1cc(Cl)ccc1Cl. The Bertz CT molecular complexity index is 748. The summed E-state index contributed by atoms with van der Waals surface area (Å²) in [5, 5.41) is 0.828. The topological polar surface area (TPSA) is 34.4 Å². The molecule has 0 bridgehead atoms. The zero-order valence-corrected chi connectivity index (χ0v) is 12.8. The van der Waals surface area contributed by atoms with Crippen LogP contribution in [0.1, 0.15) is 23.2 Å². The molecule has 0 unspecified atom stereocenters. The molecule has 0 saturated heterocycles. The van der Waals surface area contributed by atoms with Crippen LogP contribution in [0, 0.1) is 5.92 Å². The van der Waals surface area contributed by atoms with Gasteiger partial charge in [-0.1, -0.05) is 29.3 Å². The third-order valence-electron chi connectivity index (χ3n) is 3.44. The van der Waals surface area contributed by atoms with Gasteiger partial charge in [-0.2, -0.15) is 4.99 Å². The van der Waals surface area contributed by atoms with Crippen molar-refractivity contribution in [2.24, 2.45) is 10.9 Å². The average Bonchev–Trinajstić information content (AvgIpc) is 3.27. The molecule has 1 aliphatic rings. The smallest absolute Gasteiger partial charge is 0.280 e. The summed E-state index contributed by atoms with van der Waals surface area (Å²) in [5.74, 6) is 0.328. The number of aromatic nitrogens is 1. The van der Waals surface area contributed by atoms with E-state index in [-0.39, 0.29) is 5.91 Å². The van der Waals surface area contributed by atoms with Crippen LogP contribution in [-0.4, -0.2) is 10.5 Å². The molecule has 0 radical (unpaired) electrons. The lowest BCUT2D eigenvalue weighted by atomic mass is 10.2. The monoisotopic (exact) mass is 320 g/mol. The van der Waals surface area contributed by atoms with Gasteiger partial charge in [0.2, 0.25) is 0 Å². The number of carbonyl (C=O) groups is 1. The van der Waals surface area contributed by atoms with Gasteiger partial charge in [-0.15, -0.1) is 0 Å². The molecule has 5 heteroatoms. The van der Waals surface area contributed by atoms with Gasteiger partial charge in [-0.05, 0) is 49.1 Å². The van der Waals surface area contributed by atoms with E-state index >= 15 is 0 Å². The van der Waals surface area contributed by atoms with Crippen LogP contribution in [0.5, 0.6) is 0 Å². The Hall–Kier alpha value is -1.58. The molecule has 0 atom stereocenters. The highest BCUT2D eigenvalue weighted by Gasteiger charge is 2.21. The largest absolute Gasteiger partial charge is 0.333 e. The van der Waals surface area contributed by atoms with Crippen molar-refractivity contribution in [1.82, 2.24) is 4.57 Å². The fourth-order valence-electron chi connectivity index (χ4n) is 2.13. The van der Waals surface area contributed by atoms with Gasteiger partial charge in [0.05, 0.1) is 10.6 Å². The number of hydrogen-bond donors (Lipinski definition) is 0. The van der Waals surface area contributed by atoms with Crippen molar-refractivity contribution in [3.05, 3.63) is 63.7 Å². The predicted molar refractivity (Wildman–Crippen MR) is 83.5 cm³/mol. The molecular formula is C16H14Cl2N2O. The predicted octanol–water partition coefficient (Wildman–Crippen LogP) is 3.95. The number of nitrogens with zero attached hydrogens (tertiary/aromatic N) is 2. The first-order valence-corrected chi connectivity index (χ1v) is 7.58. The number of carbonyl (C=O) groups excluding carboxylic acids is 1. The average molecular weight is 321 g/mol. The van der Waals surface area contributed by atoms with E-state index in [9.17, 15) is 4.79 Å². The van der Waals surface area contributed by atoms with Crippen molar-refractivity contribution in [3.63, 3.8) is 0 Å². The van der Waals surface area contributed by atoms with Crippen LogP contribution >= 0.6 is 23.2 Å². The van der Waals surface area contributed by atoms with Gasteiger partial charge < -0.3 is 4.57 Å². The number of rotatable bonds is 3. The second-order valence-corrected chi connectivity index (χ2v) is 6.04. The van der Waals surface area contributed by atoms with E-state index < -0.39 is 0 Å². The lowest BCUT2D eigenvalue weighted by Crippen LogP contribution is -2.22. The summed E-state index contributed by atoms with van der Waals surface area (Å²) in [7, 11) is 0. The minimum absolute atomic E-state index is 0.325. The molecule has 21 heavy (non-hydrogen) atoms. The Morgan fingerprint density at radius 1 is 1.24 bits per heavy atom. The molecule has 0 spiro atoms. The van der Waals surface area contributed by atoms with Crippen LogP contribution in [0.3, 0.4) is 0 Å². The molecule has 0 aliphatic heterocycles. The summed E-state index contributed by atoms with van der Waals surface area (Å²) in [6, 6.07) is 10.4. The summed E-state index contributed by atoms with van der Waals surface area (Å²) in [6.45, 7) is 0.899. The summed E-state index contributed by atoms with van der Waals surface area (Å²) >= 11 is 12.0. The molecule has 1 heterocycles. The third kappa shape index (κ3) is 3.55. The normalized spacial score (nSPS) is 15.2. The van der Waals surface area contributed by atoms with Crippen molar-refractivity contribution in [1.29, 1.82) is 0 Å². The lowest BCUT2D eigenvalue weighted by molar-refractivity contribution is 0.0997. The van der Waals surface area contributed by atoms with Crippen LogP contribution in [-0.2, 0) is 6.54 Å². The Morgan fingerprint density at radius 2 is 2.05 bits per heavy atom. The molecule has 108 valence electrons. The fraction of sp³-hybridized carbons (Fsp3) is 0.250. The van der Waals surface area contributed by atoms with E-state index in [2.05, 4.69) is 4.99 Å². The molecule has 1 aliphatic carbocycles. The maximum Gasteiger partial charge on any atom is 0.280 e. The molecule has 1 aromatic heterocycles. The number of benzene rings is 1. The summed E-state index contributed by atoms with van der Waals surface area (Å²) in [4.78, 5) is 16.5. The quantitative estimate of drug-likeness (QED) is 0.843. The second-order valence-electron chi connectivity index (χ2n) is 5.20. The van der Waals surface area contributed by atoms with E-state index in [1.165, 1.54) is 12.8 Å². The zero-order chi connectivity index (χ0) is 14.8. The molecule has 1 saturated carbocycles. The number of pyridine rings is 1. The van der Waals surface area contributed by atoms with E-state index in [0.717, 1.165) is 6.54 Å². The highest BCUT2D eigenvalue weighted by molar-refractivity contribution is 6.35. The van der Waals surface area contributed by atoms with Gasteiger partial charge in [-0.25, -0.2) is 0 Å². The Balaban J connectivity index is 1.97. The summed E-state index contributed by atoms with van der Waals surface area (Å²) in [6.07, 6.45) is 4.44. The molecule has 3 rings (SSSR count). The standard InChI is InChI=1S/C16H14Cl2N2O/c17-12-6-7-14(18)13(9-12)16(21)19-15-3-1-2-8-20(15)10-11-4-5-11/h1-3,6-9,11H,4-5,10H2/b19-15+. The Morgan fingerprint density at radius 3 is 2.81 bits per heavy atom. The third-order valence-corrected chi connectivity index (χ3v) is 4.01. The van der Waals surface area contributed by atoms with E-state index in [4.69, 9.17) is 23.2 Å². The lowest BCUT2D eigenvalue weighted by Gasteiger charge is -2.06. The maximum atomic E-state index is 12.3. The molecular weight excluding hydrogens is 307 g/mol. The van der Waals surface area contributed by atoms with Gasteiger partial charge in [0, 0.05) is 17.8 Å². The van der Waals surface area contributed by atoms with Crippen LogP contribution in [0.4, 0.5) is 0 Å². The first kappa shape index (κ1) is 14.4. The van der Waals surface area contributed by atoms with Crippen molar-refractivity contribution in [2.45, 2.75) is 19.4 Å². The summed E-state index contributed by atoms with van der Waals surface area (Å²) in [5.41, 5.74) is 0.969. The highest BCUT2D eigenvalue weighted by atomic mass is 35.5. The van der Waals surface area contributed by atoms with E-state index in [1.807, 2.05) is 29.0 Å². The molecule has 1 fully saturated rings. The minimum atomic E-state index is -0.377. The van der Waals surface area contributed by atoms with E-state index in [0.29, 0.717) is 27.0 Å². The van der Waals surface area contributed by atoms with Gasteiger partial charge in [0.1, 0.15) is 5.49 Å². The molecule has 0 N–H and O–H groups in total. The number of amides is 1. The highest BCUT2D eigenvalue weighted by Crippen LogP contribution is 2.30. The number of hydrogen-bond acceptors (Lipinski definition) is 1. The molecule has 1 amide bonds. The van der Waals surface area contributed by atoms with Crippen LogP contribution in [0.15, 0.2) is 47.6 Å². The Labute approximate surface area is 132 Å². The molecule has 2 aromatic rings. The first-order chi connectivity index (χ1) is 10.1. The molecule has 3 nitrogen and oxygen atoms in total. The van der Waals surface area contributed by atoms with E-state index in [1.54, 1.807) is 18.2 Å². The molecule has 1 aromatic carbocycles. The van der Waals surface area contributed by atoms with Gasteiger partial charge in [-0.3, -0.25) is 4.79 Å².